The molecule has 1 saturated carbocycles. The van der Waals surface area contributed by atoms with Gasteiger partial charge in [0, 0.05) is 18.3 Å². The zero-order chi connectivity index (χ0) is 18.9. The second-order valence-electron chi connectivity index (χ2n) is 7.80. The first-order valence-electron chi connectivity index (χ1n) is 9.70. The van der Waals surface area contributed by atoms with Gasteiger partial charge in [-0.1, -0.05) is 30.3 Å². The van der Waals surface area contributed by atoms with Crippen molar-refractivity contribution in [2.75, 3.05) is 19.8 Å². The summed E-state index contributed by atoms with van der Waals surface area (Å²) in [4.78, 5) is 20.1. The highest BCUT2D eigenvalue weighted by atomic mass is 32.2. The largest absolute Gasteiger partial charge is 0.343 e. The van der Waals surface area contributed by atoms with E-state index in [0.717, 1.165) is 30.3 Å². The van der Waals surface area contributed by atoms with Gasteiger partial charge in [0.15, 0.2) is 0 Å². The maximum absolute atomic E-state index is 13.2. The van der Waals surface area contributed by atoms with Crippen molar-refractivity contribution in [3.63, 3.8) is 0 Å². The number of benzene rings is 1. The van der Waals surface area contributed by atoms with Gasteiger partial charge >= 0.3 is 0 Å². The van der Waals surface area contributed by atoms with Crippen LogP contribution in [0.1, 0.15) is 47.6 Å². The predicted molar refractivity (Wildman–Crippen MR) is 110 cm³/mol. The van der Waals surface area contributed by atoms with Crippen molar-refractivity contribution in [1.82, 2.24) is 15.2 Å². The highest BCUT2D eigenvalue weighted by molar-refractivity contribution is 7.98. The first-order valence-corrected chi connectivity index (χ1v) is 10.9. The summed E-state index contributed by atoms with van der Waals surface area (Å²) in [5, 5.41) is 4.18. The van der Waals surface area contributed by atoms with Gasteiger partial charge in [-0.3, -0.25) is 9.69 Å². The van der Waals surface area contributed by atoms with Crippen LogP contribution >= 0.6 is 11.8 Å². The number of thioether (sulfide) groups is 1. The zero-order valence-electron chi connectivity index (χ0n) is 16.0. The molecule has 5 heteroatoms. The summed E-state index contributed by atoms with van der Waals surface area (Å²) in [6, 6.07) is 14.1. The van der Waals surface area contributed by atoms with Crippen LogP contribution in [0.5, 0.6) is 0 Å². The van der Waals surface area contributed by atoms with Crippen molar-refractivity contribution >= 4 is 17.7 Å². The van der Waals surface area contributed by atoms with Crippen LogP contribution in [0, 0.1) is 5.92 Å². The molecular weight excluding hydrogens is 354 g/mol. The normalized spacial score (nSPS) is 25.9. The smallest absolute Gasteiger partial charge is 0.254 e. The molecule has 142 valence electrons. The molecule has 3 aliphatic rings. The predicted octanol–water partition coefficient (Wildman–Crippen LogP) is 4.15. The molecule has 2 aromatic rings. The lowest BCUT2D eigenvalue weighted by Gasteiger charge is -2.57. The molecule has 4 nitrogen and oxygen atoms in total. The number of piperidine rings is 2. The highest BCUT2D eigenvalue weighted by Crippen LogP contribution is 2.49. The molecular formula is C22H27N3OS. The summed E-state index contributed by atoms with van der Waals surface area (Å²) in [5.74, 6) is 0.780. The van der Waals surface area contributed by atoms with Crippen LogP contribution in [0.2, 0.25) is 0 Å². The molecule has 27 heavy (non-hydrogen) atoms. The van der Waals surface area contributed by atoms with E-state index in [-0.39, 0.29) is 17.5 Å². The van der Waals surface area contributed by atoms with Crippen LogP contribution in [0.25, 0.3) is 0 Å². The fourth-order valence-corrected chi connectivity index (χ4v) is 5.48. The van der Waals surface area contributed by atoms with E-state index in [0.29, 0.717) is 5.56 Å². The van der Waals surface area contributed by atoms with Gasteiger partial charge in [0.1, 0.15) is 5.03 Å². The van der Waals surface area contributed by atoms with Crippen molar-refractivity contribution in [2.24, 2.45) is 5.92 Å². The van der Waals surface area contributed by atoms with E-state index in [1.165, 1.54) is 30.2 Å². The topological polar surface area (TPSA) is 45.2 Å². The van der Waals surface area contributed by atoms with Gasteiger partial charge in [-0.2, -0.15) is 0 Å². The monoisotopic (exact) mass is 381 g/mol. The number of hydrogen-bond acceptors (Lipinski definition) is 4. The molecule has 0 spiro atoms. The maximum Gasteiger partial charge on any atom is 0.254 e. The van der Waals surface area contributed by atoms with Crippen LogP contribution in [0.4, 0.5) is 0 Å². The van der Waals surface area contributed by atoms with Crippen LogP contribution in [-0.2, 0) is 0 Å². The molecule has 2 saturated heterocycles. The summed E-state index contributed by atoms with van der Waals surface area (Å²) in [6.45, 7) is 1.13. The van der Waals surface area contributed by atoms with Crippen molar-refractivity contribution in [2.45, 2.75) is 42.3 Å². The maximum atomic E-state index is 13.2. The van der Waals surface area contributed by atoms with E-state index < -0.39 is 0 Å². The molecule has 3 fully saturated rings. The third-order valence-corrected chi connectivity index (χ3v) is 7.13. The second kappa shape index (κ2) is 7.64. The number of fused-ring (bicyclic) bond motifs is 3. The standard InChI is InChI=1S/C22H27N3OS/c1-25-15-16-10-12-22(25,13-11-16)19(17-7-4-3-5-8-17)24-20(26)18-9-6-14-23-21(18)27-2/h3-9,14,16,19H,10-13,15H2,1-2H3,(H,24,26)/t16?,19-,22?/m0/s1. The van der Waals surface area contributed by atoms with Gasteiger partial charge in [0.05, 0.1) is 11.6 Å². The van der Waals surface area contributed by atoms with E-state index in [1.807, 2.05) is 24.5 Å². The quantitative estimate of drug-likeness (QED) is 0.791. The van der Waals surface area contributed by atoms with Gasteiger partial charge in [-0.25, -0.2) is 4.98 Å². The van der Waals surface area contributed by atoms with Crippen molar-refractivity contribution in [3.8, 4) is 0 Å². The van der Waals surface area contributed by atoms with Crippen LogP contribution < -0.4 is 5.32 Å². The third kappa shape index (κ3) is 3.39. The molecule has 3 heterocycles. The molecule has 0 radical (unpaired) electrons. The summed E-state index contributed by atoms with van der Waals surface area (Å²) in [7, 11) is 2.23. The number of nitrogens with zero attached hydrogens (tertiary/aromatic N) is 2. The number of rotatable bonds is 5. The minimum Gasteiger partial charge on any atom is -0.343 e. The summed E-state index contributed by atoms with van der Waals surface area (Å²) in [6.07, 6.45) is 8.49. The van der Waals surface area contributed by atoms with Gasteiger partial charge in [0.2, 0.25) is 0 Å². The molecule has 2 aliphatic heterocycles. The second-order valence-corrected chi connectivity index (χ2v) is 8.60. The average molecular weight is 382 g/mol. The number of nitrogens with one attached hydrogen (secondary N) is 1. The molecule has 1 aliphatic carbocycles. The highest BCUT2D eigenvalue weighted by Gasteiger charge is 2.50. The van der Waals surface area contributed by atoms with Crippen LogP contribution in [0.15, 0.2) is 53.7 Å². The van der Waals surface area contributed by atoms with Gasteiger partial charge in [0.25, 0.3) is 5.91 Å². The van der Waals surface area contributed by atoms with Crippen LogP contribution in [-0.4, -0.2) is 41.2 Å². The molecule has 0 unspecified atom stereocenters. The molecule has 1 N–H and O–H groups in total. The number of carbonyl (C=O) groups is 1. The summed E-state index contributed by atoms with van der Waals surface area (Å²) >= 11 is 1.51. The Bertz CT molecular complexity index is 802. The van der Waals surface area contributed by atoms with E-state index in [1.54, 1.807) is 6.20 Å². The Morgan fingerprint density at radius 2 is 1.96 bits per heavy atom. The van der Waals surface area contributed by atoms with E-state index in [9.17, 15) is 4.79 Å². The number of aromatic nitrogens is 1. The first-order chi connectivity index (χ1) is 13.1. The lowest BCUT2D eigenvalue weighted by molar-refractivity contribution is -0.0404. The molecule has 1 aromatic heterocycles. The average Bonchev–Trinajstić information content (AvgIpc) is 2.73. The Morgan fingerprint density at radius 1 is 1.22 bits per heavy atom. The fraction of sp³-hybridized carbons (Fsp3) is 0.455. The lowest BCUT2D eigenvalue weighted by Crippen LogP contribution is -2.62. The van der Waals surface area contributed by atoms with Crippen molar-refractivity contribution in [3.05, 3.63) is 59.8 Å². The Balaban J connectivity index is 1.70. The Morgan fingerprint density at radius 3 is 2.63 bits per heavy atom. The number of likely N-dealkylation sites (N-methyl/N-ethyl adjacent to an activating group) is 1. The van der Waals surface area contributed by atoms with Crippen LogP contribution in [0.3, 0.4) is 0 Å². The Labute approximate surface area is 165 Å². The zero-order valence-corrected chi connectivity index (χ0v) is 16.8. The molecule has 1 aromatic carbocycles. The lowest BCUT2D eigenvalue weighted by atomic mass is 9.66. The number of hydrogen-bond donors (Lipinski definition) is 1. The minimum atomic E-state index is -0.0308. The van der Waals surface area contributed by atoms with E-state index >= 15 is 0 Å². The van der Waals surface area contributed by atoms with E-state index in [2.05, 4.69) is 46.5 Å². The Hall–Kier alpha value is -1.85. The van der Waals surface area contributed by atoms with Gasteiger partial charge in [-0.05, 0) is 62.6 Å². The molecule has 2 bridgehead atoms. The third-order valence-electron chi connectivity index (χ3n) is 6.42. The molecule has 1 atom stereocenters. The Kier molecular flexibility index (Phi) is 5.24. The van der Waals surface area contributed by atoms with E-state index in [4.69, 9.17) is 0 Å². The molecule has 1 amide bonds. The first kappa shape index (κ1) is 18.5. The number of pyridine rings is 1. The number of carbonyl (C=O) groups excluding carboxylic acids is 1. The van der Waals surface area contributed by atoms with Gasteiger partial charge < -0.3 is 5.32 Å². The summed E-state index contributed by atoms with van der Waals surface area (Å²) in [5.41, 5.74) is 1.84. The molecule has 5 rings (SSSR count). The fourth-order valence-electron chi connectivity index (χ4n) is 4.93. The van der Waals surface area contributed by atoms with Crippen molar-refractivity contribution in [1.29, 1.82) is 0 Å². The summed E-state index contributed by atoms with van der Waals surface area (Å²) < 4.78 is 0. The number of amides is 1. The van der Waals surface area contributed by atoms with Gasteiger partial charge in [-0.15, -0.1) is 11.8 Å². The van der Waals surface area contributed by atoms with Crippen molar-refractivity contribution < 1.29 is 4.79 Å². The minimum absolute atomic E-state index is 0.00646. The SMILES string of the molecule is CSc1ncccc1C(=O)N[C@@H](c1ccccc1)C12CCC(CC1)CN2C.